The van der Waals surface area contributed by atoms with E-state index in [4.69, 9.17) is 5.11 Å². The van der Waals surface area contributed by atoms with Crippen LogP contribution in [0.5, 0.6) is 0 Å². The molecule has 1 aromatic carbocycles. The molecule has 2 aliphatic carbocycles. The molecule has 4 rings (SSSR count). The van der Waals surface area contributed by atoms with Crippen molar-refractivity contribution in [2.24, 2.45) is 5.41 Å². The van der Waals surface area contributed by atoms with Crippen LogP contribution in [0.15, 0.2) is 24.4 Å². The number of carbonyl (C=O) groups is 1. The van der Waals surface area contributed by atoms with Gasteiger partial charge in [-0.15, -0.1) is 0 Å². The Labute approximate surface area is 109 Å². The van der Waals surface area contributed by atoms with Crippen LogP contribution in [0.2, 0.25) is 0 Å². The van der Waals surface area contributed by atoms with E-state index in [-0.39, 0.29) is 5.56 Å². The molecular formula is C14H13N3O2. The van der Waals surface area contributed by atoms with E-state index >= 15 is 0 Å². The van der Waals surface area contributed by atoms with Crippen molar-refractivity contribution in [2.75, 3.05) is 5.32 Å². The first kappa shape index (κ1) is 10.7. The zero-order valence-electron chi connectivity index (χ0n) is 10.3. The molecule has 5 heteroatoms. The lowest BCUT2D eigenvalue weighted by Crippen LogP contribution is -2.08. The zero-order chi connectivity index (χ0) is 13.0. The first-order valence-corrected chi connectivity index (χ1v) is 6.43. The number of anilines is 1. The third-order valence-electron chi connectivity index (χ3n) is 4.21. The minimum atomic E-state index is -0.933. The van der Waals surface area contributed by atoms with Crippen LogP contribution in [0, 0.1) is 5.41 Å². The maximum atomic E-state index is 10.9. The molecule has 0 aliphatic heterocycles. The molecule has 5 nitrogen and oxygen atoms in total. The molecule has 2 N–H and O–H groups in total. The number of nitrogens with one attached hydrogen (secondary N) is 1. The molecule has 1 unspecified atom stereocenters. The smallest absolute Gasteiger partial charge is 0.335 e. The highest BCUT2D eigenvalue weighted by Crippen LogP contribution is 2.66. The van der Waals surface area contributed by atoms with Gasteiger partial charge >= 0.3 is 5.97 Å². The van der Waals surface area contributed by atoms with E-state index in [9.17, 15) is 4.79 Å². The molecule has 2 fully saturated rings. The Hall–Kier alpha value is -2.17. The van der Waals surface area contributed by atoms with Crippen molar-refractivity contribution in [1.82, 2.24) is 9.97 Å². The first-order chi connectivity index (χ1) is 9.16. The number of hydrogen-bond acceptors (Lipinski definition) is 4. The molecule has 0 bridgehead atoms. The van der Waals surface area contributed by atoms with Gasteiger partial charge in [-0.3, -0.25) is 0 Å². The van der Waals surface area contributed by atoms with Crippen LogP contribution in [0.3, 0.4) is 0 Å². The summed E-state index contributed by atoms with van der Waals surface area (Å²) >= 11 is 0. The maximum Gasteiger partial charge on any atom is 0.335 e. The fourth-order valence-corrected chi connectivity index (χ4v) is 2.66. The monoisotopic (exact) mass is 255 g/mol. The van der Waals surface area contributed by atoms with Crippen molar-refractivity contribution in [1.29, 1.82) is 0 Å². The predicted octanol–water partition coefficient (Wildman–Crippen LogP) is 2.29. The predicted molar refractivity (Wildman–Crippen MR) is 70.2 cm³/mol. The van der Waals surface area contributed by atoms with E-state index in [1.54, 1.807) is 24.4 Å². The lowest BCUT2D eigenvalue weighted by Gasteiger charge is -2.05. The van der Waals surface area contributed by atoms with Crippen LogP contribution in [-0.2, 0) is 0 Å². The van der Waals surface area contributed by atoms with Crippen LogP contribution in [0.4, 0.5) is 5.95 Å². The third kappa shape index (κ3) is 1.73. The van der Waals surface area contributed by atoms with E-state index in [0.29, 0.717) is 17.4 Å². The largest absolute Gasteiger partial charge is 0.478 e. The van der Waals surface area contributed by atoms with Gasteiger partial charge in [0, 0.05) is 17.6 Å². The molecule has 1 atom stereocenters. The number of benzene rings is 1. The molecule has 0 amide bonds. The highest BCUT2D eigenvalue weighted by Gasteiger charge is 2.63. The molecule has 19 heavy (non-hydrogen) atoms. The Kier molecular flexibility index (Phi) is 1.94. The Bertz CT molecular complexity index is 694. The SMILES string of the molecule is O=C(O)c1ccc2nc(NC3CC34CC4)ncc2c1. The second kappa shape index (κ2) is 3.44. The molecule has 0 saturated heterocycles. The van der Waals surface area contributed by atoms with Crippen molar-refractivity contribution < 1.29 is 9.90 Å². The van der Waals surface area contributed by atoms with Crippen LogP contribution < -0.4 is 5.32 Å². The summed E-state index contributed by atoms with van der Waals surface area (Å²) in [4.78, 5) is 19.6. The molecular weight excluding hydrogens is 242 g/mol. The van der Waals surface area contributed by atoms with Crippen molar-refractivity contribution >= 4 is 22.8 Å². The number of rotatable bonds is 3. The van der Waals surface area contributed by atoms with E-state index in [1.807, 2.05) is 0 Å². The van der Waals surface area contributed by atoms with Crippen LogP contribution in [-0.4, -0.2) is 27.1 Å². The highest BCUT2D eigenvalue weighted by molar-refractivity contribution is 5.93. The Morgan fingerprint density at radius 3 is 2.95 bits per heavy atom. The molecule has 2 aliphatic rings. The van der Waals surface area contributed by atoms with Crippen LogP contribution in [0.1, 0.15) is 29.6 Å². The summed E-state index contributed by atoms with van der Waals surface area (Å²) in [6.07, 6.45) is 5.55. The average Bonchev–Trinajstić information content (AvgIpc) is 3.30. The fourth-order valence-electron chi connectivity index (χ4n) is 2.66. The zero-order valence-corrected chi connectivity index (χ0v) is 10.3. The van der Waals surface area contributed by atoms with Gasteiger partial charge in [0.05, 0.1) is 11.1 Å². The van der Waals surface area contributed by atoms with E-state index in [0.717, 1.165) is 10.9 Å². The quantitative estimate of drug-likeness (QED) is 0.880. The summed E-state index contributed by atoms with van der Waals surface area (Å²) < 4.78 is 0. The molecule has 1 aromatic heterocycles. The molecule has 96 valence electrons. The fraction of sp³-hybridized carbons (Fsp3) is 0.357. The van der Waals surface area contributed by atoms with Gasteiger partial charge in [0.2, 0.25) is 5.95 Å². The topological polar surface area (TPSA) is 75.1 Å². The van der Waals surface area contributed by atoms with Crippen molar-refractivity contribution in [3.63, 3.8) is 0 Å². The molecule has 0 radical (unpaired) electrons. The van der Waals surface area contributed by atoms with Crippen molar-refractivity contribution in [3.05, 3.63) is 30.0 Å². The van der Waals surface area contributed by atoms with Crippen LogP contribution >= 0.6 is 0 Å². The summed E-state index contributed by atoms with van der Waals surface area (Å²) in [6.45, 7) is 0. The van der Waals surface area contributed by atoms with Gasteiger partial charge in [-0.1, -0.05) is 0 Å². The summed E-state index contributed by atoms with van der Waals surface area (Å²) in [5.41, 5.74) is 1.59. The lowest BCUT2D eigenvalue weighted by atomic mass is 10.1. The highest BCUT2D eigenvalue weighted by atomic mass is 16.4. The van der Waals surface area contributed by atoms with Gasteiger partial charge in [0.1, 0.15) is 0 Å². The number of aromatic carboxylic acids is 1. The second-order valence-corrected chi connectivity index (χ2v) is 5.54. The van der Waals surface area contributed by atoms with Gasteiger partial charge < -0.3 is 10.4 Å². The number of carboxylic acids is 1. The van der Waals surface area contributed by atoms with Crippen molar-refractivity contribution in [2.45, 2.75) is 25.3 Å². The molecule has 2 saturated carbocycles. The standard InChI is InChI=1S/C14H13N3O2/c18-12(19)8-1-2-10-9(5-8)7-15-13(16-10)17-11-6-14(11)3-4-14/h1-2,5,7,11H,3-4,6H2,(H,18,19)(H,15,16,17). The first-order valence-electron chi connectivity index (χ1n) is 6.43. The van der Waals surface area contributed by atoms with Gasteiger partial charge in [-0.2, -0.15) is 0 Å². The van der Waals surface area contributed by atoms with Gasteiger partial charge in [-0.25, -0.2) is 14.8 Å². The second-order valence-electron chi connectivity index (χ2n) is 5.54. The van der Waals surface area contributed by atoms with Crippen molar-refractivity contribution in [3.8, 4) is 0 Å². The Morgan fingerprint density at radius 2 is 2.26 bits per heavy atom. The third-order valence-corrected chi connectivity index (χ3v) is 4.21. The Balaban J connectivity index is 1.63. The lowest BCUT2D eigenvalue weighted by molar-refractivity contribution is 0.0697. The normalized spacial score (nSPS) is 22.4. The summed E-state index contributed by atoms with van der Waals surface area (Å²) in [7, 11) is 0. The molecule has 1 spiro atoms. The number of nitrogens with zero attached hydrogens (tertiary/aromatic N) is 2. The van der Waals surface area contributed by atoms with E-state index in [2.05, 4.69) is 15.3 Å². The number of aromatic nitrogens is 2. The minimum Gasteiger partial charge on any atom is -0.478 e. The molecule has 1 heterocycles. The Morgan fingerprint density at radius 1 is 1.42 bits per heavy atom. The summed E-state index contributed by atoms with van der Waals surface area (Å²) in [5.74, 6) is -0.290. The van der Waals surface area contributed by atoms with E-state index < -0.39 is 5.97 Å². The molecule has 2 aromatic rings. The van der Waals surface area contributed by atoms with Crippen LogP contribution in [0.25, 0.3) is 10.9 Å². The number of hydrogen-bond donors (Lipinski definition) is 2. The summed E-state index contributed by atoms with van der Waals surface area (Å²) in [6, 6.07) is 5.43. The maximum absolute atomic E-state index is 10.9. The van der Waals surface area contributed by atoms with Gasteiger partial charge in [0.15, 0.2) is 0 Å². The minimum absolute atomic E-state index is 0.260. The number of fused-ring (bicyclic) bond motifs is 1. The number of carboxylic acid groups (broad SMARTS) is 1. The van der Waals surface area contributed by atoms with E-state index in [1.165, 1.54) is 19.3 Å². The summed E-state index contributed by atoms with van der Waals surface area (Å²) in [5, 5.41) is 13.0. The van der Waals surface area contributed by atoms with Gasteiger partial charge in [-0.05, 0) is 42.9 Å². The average molecular weight is 255 g/mol. The van der Waals surface area contributed by atoms with Gasteiger partial charge in [0.25, 0.3) is 0 Å².